The van der Waals surface area contributed by atoms with Gasteiger partial charge in [-0.1, -0.05) is 6.07 Å². The van der Waals surface area contributed by atoms with E-state index in [-0.39, 0.29) is 0 Å². The number of benzene rings is 2. The van der Waals surface area contributed by atoms with Crippen molar-refractivity contribution in [3.63, 3.8) is 0 Å². The lowest BCUT2D eigenvalue weighted by atomic mass is 10.2. The number of nitrogens with two attached hydrogens (primary N) is 1. The molecule has 0 saturated carbocycles. The lowest BCUT2D eigenvalue weighted by Gasteiger charge is -2.08. The van der Waals surface area contributed by atoms with Crippen LogP contribution in [0.2, 0.25) is 0 Å². The molecular formula is C13H13N3O. The molecule has 2 rings (SSSR count). The van der Waals surface area contributed by atoms with Gasteiger partial charge >= 0.3 is 0 Å². The summed E-state index contributed by atoms with van der Waals surface area (Å²) in [4.78, 5) is 10.3. The Morgan fingerprint density at radius 3 is 2.29 bits per heavy atom. The van der Waals surface area contributed by atoms with Gasteiger partial charge in [0.2, 0.25) is 0 Å². The van der Waals surface area contributed by atoms with E-state index in [1.165, 1.54) is 0 Å². The molecule has 0 atom stereocenters. The summed E-state index contributed by atoms with van der Waals surface area (Å²) in [7, 11) is 0. The van der Waals surface area contributed by atoms with Crippen LogP contribution >= 0.6 is 0 Å². The maximum atomic E-state index is 10.3. The van der Waals surface area contributed by atoms with Gasteiger partial charge in [-0.25, -0.2) is 0 Å². The van der Waals surface area contributed by atoms with Gasteiger partial charge in [-0.2, -0.15) is 0 Å². The molecule has 2 aromatic carbocycles. The van der Waals surface area contributed by atoms with Gasteiger partial charge in [0.05, 0.1) is 0 Å². The van der Waals surface area contributed by atoms with Gasteiger partial charge < -0.3 is 11.1 Å². The lowest BCUT2D eigenvalue weighted by molar-refractivity contribution is 1.44. The van der Waals surface area contributed by atoms with Crippen molar-refractivity contribution < 1.29 is 0 Å². The maximum absolute atomic E-state index is 10.3. The second-order valence-corrected chi connectivity index (χ2v) is 3.83. The number of aryl methyl sites for hydroxylation is 1. The van der Waals surface area contributed by atoms with Crippen LogP contribution in [-0.2, 0) is 0 Å². The van der Waals surface area contributed by atoms with Crippen molar-refractivity contribution in [3.8, 4) is 0 Å². The Kier molecular flexibility index (Phi) is 3.05. The highest BCUT2D eigenvalue weighted by molar-refractivity contribution is 5.66. The van der Waals surface area contributed by atoms with E-state index in [0.29, 0.717) is 5.69 Å². The second kappa shape index (κ2) is 4.65. The molecular weight excluding hydrogens is 214 g/mol. The van der Waals surface area contributed by atoms with Crippen LogP contribution in [0.1, 0.15) is 5.56 Å². The van der Waals surface area contributed by atoms with Gasteiger partial charge in [-0.05, 0) is 54.1 Å². The third-order valence-corrected chi connectivity index (χ3v) is 2.54. The largest absolute Gasteiger partial charge is 0.398 e. The summed E-state index contributed by atoms with van der Waals surface area (Å²) in [5, 5.41) is 6.05. The Morgan fingerprint density at radius 1 is 1.06 bits per heavy atom. The van der Waals surface area contributed by atoms with Crippen molar-refractivity contribution in [2.24, 2.45) is 5.18 Å². The van der Waals surface area contributed by atoms with E-state index in [1.807, 2.05) is 25.1 Å². The zero-order valence-electron chi connectivity index (χ0n) is 9.47. The van der Waals surface area contributed by atoms with Gasteiger partial charge in [0.15, 0.2) is 0 Å². The molecule has 0 aliphatic rings. The zero-order valence-corrected chi connectivity index (χ0v) is 9.47. The summed E-state index contributed by atoms with van der Waals surface area (Å²) in [5.41, 5.74) is 9.85. The van der Waals surface area contributed by atoms with E-state index in [4.69, 9.17) is 5.73 Å². The standard InChI is InChI=1S/C13H13N3O/c1-9-2-3-12(8-13(9)14)15-10-4-6-11(16-17)7-5-10/h2-8,15H,14H2,1H3. The van der Waals surface area contributed by atoms with Crippen LogP contribution in [0.25, 0.3) is 0 Å². The van der Waals surface area contributed by atoms with Crippen molar-refractivity contribution in [2.45, 2.75) is 6.92 Å². The van der Waals surface area contributed by atoms with E-state index in [0.717, 1.165) is 22.6 Å². The smallest absolute Gasteiger partial charge is 0.108 e. The van der Waals surface area contributed by atoms with Gasteiger partial charge in [0.25, 0.3) is 0 Å². The third-order valence-electron chi connectivity index (χ3n) is 2.54. The first-order valence-electron chi connectivity index (χ1n) is 5.25. The molecule has 0 spiro atoms. The van der Waals surface area contributed by atoms with Crippen molar-refractivity contribution in [1.29, 1.82) is 0 Å². The molecule has 3 N–H and O–H groups in total. The first kappa shape index (κ1) is 11.1. The molecule has 0 fully saturated rings. The normalized spacial score (nSPS) is 9.94. The first-order chi connectivity index (χ1) is 8.19. The van der Waals surface area contributed by atoms with E-state index in [1.54, 1.807) is 24.3 Å². The number of rotatable bonds is 3. The zero-order chi connectivity index (χ0) is 12.3. The van der Waals surface area contributed by atoms with Crippen molar-refractivity contribution in [2.75, 3.05) is 11.1 Å². The molecule has 86 valence electrons. The molecule has 0 saturated heterocycles. The Hall–Kier alpha value is -2.36. The Morgan fingerprint density at radius 2 is 1.71 bits per heavy atom. The average Bonchev–Trinajstić information content (AvgIpc) is 2.35. The van der Waals surface area contributed by atoms with Crippen LogP contribution in [-0.4, -0.2) is 0 Å². The molecule has 0 radical (unpaired) electrons. The van der Waals surface area contributed by atoms with Crippen LogP contribution < -0.4 is 11.1 Å². The minimum absolute atomic E-state index is 0.416. The molecule has 4 nitrogen and oxygen atoms in total. The predicted molar refractivity (Wildman–Crippen MR) is 70.8 cm³/mol. The molecule has 4 heteroatoms. The summed E-state index contributed by atoms with van der Waals surface area (Å²) in [5.74, 6) is 0. The second-order valence-electron chi connectivity index (χ2n) is 3.83. The van der Waals surface area contributed by atoms with Crippen LogP contribution in [0.4, 0.5) is 22.7 Å². The fraction of sp³-hybridized carbons (Fsp3) is 0.0769. The van der Waals surface area contributed by atoms with Gasteiger partial charge in [0.1, 0.15) is 5.69 Å². The number of nitrogens with one attached hydrogen (secondary N) is 1. The quantitative estimate of drug-likeness (QED) is 0.620. The summed E-state index contributed by atoms with van der Waals surface area (Å²) < 4.78 is 0. The molecule has 0 aliphatic heterocycles. The molecule has 0 amide bonds. The minimum Gasteiger partial charge on any atom is -0.398 e. The predicted octanol–water partition coefficient (Wildman–Crippen LogP) is 3.72. The number of nitrogens with zero attached hydrogens (tertiary/aromatic N) is 1. The Bertz CT molecular complexity index is 535. The van der Waals surface area contributed by atoms with E-state index >= 15 is 0 Å². The molecule has 0 heterocycles. The number of hydrogen-bond donors (Lipinski definition) is 2. The van der Waals surface area contributed by atoms with E-state index in [9.17, 15) is 4.91 Å². The van der Waals surface area contributed by atoms with Crippen LogP contribution in [0, 0.1) is 11.8 Å². The summed E-state index contributed by atoms with van der Waals surface area (Å²) >= 11 is 0. The molecule has 2 aromatic rings. The first-order valence-corrected chi connectivity index (χ1v) is 5.25. The third kappa shape index (κ3) is 2.60. The SMILES string of the molecule is Cc1ccc(Nc2ccc(N=O)cc2)cc1N. The summed E-state index contributed by atoms with van der Waals surface area (Å²) in [6.07, 6.45) is 0. The Balaban J connectivity index is 2.19. The molecule has 0 aliphatic carbocycles. The van der Waals surface area contributed by atoms with Crippen molar-refractivity contribution in [3.05, 3.63) is 52.9 Å². The lowest BCUT2D eigenvalue weighted by Crippen LogP contribution is -1.94. The number of nitroso groups, excluding NO2 is 1. The highest BCUT2D eigenvalue weighted by Crippen LogP contribution is 2.22. The Labute approximate surface area is 99.4 Å². The average molecular weight is 227 g/mol. The number of nitrogen functional groups attached to an aromatic ring is 1. The fourth-order valence-corrected chi connectivity index (χ4v) is 1.49. The number of anilines is 3. The van der Waals surface area contributed by atoms with Crippen LogP contribution in [0.15, 0.2) is 47.6 Å². The molecule has 17 heavy (non-hydrogen) atoms. The summed E-state index contributed by atoms with van der Waals surface area (Å²) in [6.45, 7) is 1.96. The van der Waals surface area contributed by atoms with Crippen LogP contribution in [0.5, 0.6) is 0 Å². The monoisotopic (exact) mass is 227 g/mol. The van der Waals surface area contributed by atoms with Gasteiger partial charge in [-0.15, -0.1) is 4.91 Å². The fourth-order valence-electron chi connectivity index (χ4n) is 1.49. The molecule has 0 unspecified atom stereocenters. The van der Waals surface area contributed by atoms with Gasteiger partial charge in [0, 0.05) is 17.1 Å². The number of hydrogen-bond acceptors (Lipinski definition) is 4. The maximum Gasteiger partial charge on any atom is 0.108 e. The topological polar surface area (TPSA) is 67.5 Å². The minimum atomic E-state index is 0.416. The van der Waals surface area contributed by atoms with E-state index < -0.39 is 0 Å². The van der Waals surface area contributed by atoms with Crippen molar-refractivity contribution >= 4 is 22.7 Å². The van der Waals surface area contributed by atoms with Gasteiger partial charge in [-0.3, -0.25) is 0 Å². The molecule has 0 aromatic heterocycles. The molecule has 0 bridgehead atoms. The highest BCUT2D eigenvalue weighted by Gasteiger charge is 1.98. The highest BCUT2D eigenvalue weighted by atomic mass is 16.3. The summed E-state index contributed by atoms with van der Waals surface area (Å²) in [6, 6.07) is 12.7. The van der Waals surface area contributed by atoms with Crippen LogP contribution in [0.3, 0.4) is 0 Å². The van der Waals surface area contributed by atoms with E-state index in [2.05, 4.69) is 10.5 Å². The van der Waals surface area contributed by atoms with Crippen molar-refractivity contribution in [1.82, 2.24) is 0 Å².